The third-order valence-electron chi connectivity index (χ3n) is 3.82. The zero-order valence-electron chi connectivity index (χ0n) is 13.3. The summed E-state index contributed by atoms with van der Waals surface area (Å²) in [5, 5.41) is 18.1. The molecule has 0 bridgehead atoms. The van der Waals surface area contributed by atoms with Crippen molar-refractivity contribution < 1.29 is 14.7 Å². The van der Waals surface area contributed by atoms with Crippen molar-refractivity contribution in [1.82, 2.24) is 10.6 Å². The summed E-state index contributed by atoms with van der Waals surface area (Å²) in [7, 11) is 0. The number of halogens is 1. The molecule has 4 N–H and O–H groups in total. The molecule has 7 heteroatoms. The van der Waals surface area contributed by atoms with Crippen molar-refractivity contribution in [2.24, 2.45) is 0 Å². The van der Waals surface area contributed by atoms with Gasteiger partial charge in [0.25, 0.3) is 5.91 Å². The smallest absolute Gasteiger partial charge is 0.319 e. The van der Waals surface area contributed by atoms with Gasteiger partial charge in [-0.1, -0.05) is 29.8 Å². The van der Waals surface area contributed by atoms with E-state index in [4.69, 9.17) is 11.6 Å². The van der Waals surface area contributed by atoms with Gasteiger partial charge in [-0.3, -0.25) is 4.79 Å². The molecule has 6 nitrogen and oxygen atoms in total. The van der Waals surface area contributed by atoms with Gasteiger partial charge in [-0.05, 0) is 42.8 Å². The number of amides is 3. The van der Waals surface area contributed by atoms with Crippen molar-refractivity contribution in [1.29, 1.82) is 0 Å². The van der Waals surface area contributed by atoms with Crippen LogP contribution in [0, 0.1) is 0 Å². The molecule has 1 aliphatic rings. The molecule has 0 saturated heterocycles. The van der Waals surface area contributed by atoms with Crippen LogP contribution in [-0.2, 0) is 4.79 Å². The highest BCUT2D eigenvalue weighted by atomic mass is 35.5. The van der Waals surface area contributed by atoms with E-state index in [2.05, 4.69) is 16.0 Å². The Morgan fingerprint density at radius 1 is 1.20 bits per heavy atom. The van der Waals surface area contributed by atoms with Crippen LogP contribution in [0.3, 0.4) is 0 Å². The Kier molecular flexibility index (Phi) is 4.63. The molecule has 128 valence electrons. The van der Waals surface area contributed by atoms with E-state index in [-0.39, 0.29) is 11.7 Å². The molecule has 0 radical (unpaired) electrons. The first-order valence-electron chi connectivity index (χ1n) is 7.58. The third kappa shape index (κ3) is 3.75. The molecule has 2 aromatic carbocycles. The first-order chi connectivity index (χ1) is 11.9. The highest BCUT2D eigenvalue weighted by Gasteiger charge is 2.31. The van der Waals surface area contributed by atoms with Crippen molar-refractivity contribution in [2.75, 3.05) is 5.32 Å². The van der Waals surface area contributed by atoms with E-state index in [0.717, 1.165) is 0 Å². The number of phenols is 1. The van der Waals surface area contributed by atoms with E-state index in [9.17, 15) is 14.7 Å². The minimum atomic E-state index is -0.631. The van der Waals surface area contributed by atoms with Gasteiger partial charge in [0, 0.05) is 16.4 Å². The van der Waals surface area contributed by atoms with Gasteiger partial charge in [0.05, 0.1) is 11.6 Å². The summed E-state index contributed by atoms with van der Waals surface area (Å²) in [6, 6.07) is 12.1. The second-order valence-electron chi connectivity index (χ2n) is 5.63. The number of hydrogen-bond acceptors (Lipinski definition) is 3. The molecule has 0 aliphatic carbocycles. The maximum absolute atomic E-state index is 12.8. The lowest BCUT2D eigenvalue weighted by atomic mass is 9.94. The van der Waals surface area contributed by atoms with Gasteiger partial charge in [-0.25, -0.2) is 4.79 Å². The molecule has 1 unspecified atom stereocenters. The summed E-state index contributed by atoms with van der Waals surface area (Å²) >= 11 is 5.94. The number of urea groups is 1. The van der Waals surface area contributed by atoms with Crippen LogP contribution in [0.2, 0.25) is 5.02 Å². The normalized spacial score (nSPS) is 16.9. The highest BCUT2D eigenvalue weighted by Crippen LogP contribution is 2.29. The Hall–Kier alpha value is -2.99. The molecule has 0 fully saturated rings. The van der Waals surface area contributed by atoms with Gasteiger partial charge >= 0.3 is 6.03 Å². The van der Waals surface area contributed by atoms with E-state index in [1.54, 1.807) is 43.3 Å². The van der Waals surface area contributed by atoms with E-state index in [0.29, 0.717) is 27.5 Å². The molecule has 3 rings (SSSR count). The minimum absolute atomic E-state index is 0.106. The summed E-state index contributed by atoms with van der Waals surface area (Å²) in [5.74, 6) is -0.250. The molecule has 0 aromatic heterocycles. The molecule has 1 atom stereocenters. The van der Waals surface area contributed by atoms with Crippen LogP contribution >= 0.6 is 11.6 Å². The number of rotatable bonds is 3. The highest BCUT2D eigenvalue weighted by molar-refractivity contribution is 6.31. The first-order valence-corrected chi connectivity index (χ1v) is 7.96. The summed E-state index contributed by atoms with van der Waals surface area (Å²) in [6.45, 7) is 1.67. The third-order valence-corrected chi connectivity index (χ3v) is 4.06. The SMILES string of the molecule is CC1=C(C(=O)Nc2cccc(Cl)c2)C(c2ccc(O)cc2)NC(=O)N1. The molecular formula is C18H16ClN3O3. The number of allylic oxidation sites excluding steroid dienone is 1. The zero-order chi connectivity index (χ0) is 18.0. The fourth-order valence-corrected chi connectivity index (χ4v) is 2.87. The summed E-state index contributed by atoms with van der Waals surface area (Å²) in [6.07, 6.45) is 0. The summed E-state index contributed by atoms with van der Waals surface area (Å²) in [4.78, 5) is 24.6. The van der Waals surface area contributed by atoms with E-state index < -0.39 is 12.1 Å². The second-order valence-corrected chi connectivity index (χ2v) is 6.06. The number of anilines is 1. The van der Waals surface area contributed by atoms with E-state index >= 15 is 0 Å². The lowest BCUT2D eigenvalue weighted by Gasteiger charge is -2.28. The molecule has 25 heavy (non-hydrogen) atoms. The minimum Gasteiger partial charge on any atom is -0.508 e. The Morgan fingerprint density at radius 2 is 1.92 bits per heavy atom. The Bertz CT molecular complexity index is 862. The van der Waals surface area contributed by atoms with Crippen molar-refractivity contribution in [3.8, 4) is 5.75 Å². The second kappa shape index (κ2) is 6.86. The lowest BCUT2D eigenvalue weighted by Crippen LogP contribution is -2.45. The van der Waals surface area contributed by atoms with Crippen molar-refractivity contribution in [3.05, 3.63) is 70.4 Å². The lowest BCUT2D eigenvalue weighted by molar-refractivity contribution is -0.113. The van der Waals surface area contributed by atoms with Gasteiger partial charge < -0.3 is 21.1 Å². The number of carbonyl (C=O) groups excluding carboxylic acids is 2. The predicted octanol–water partition coefficient (Wildman–Crippen LogP) is 3.31. The number of nitrogens with one attached hydrogen (secondary N) is 3. The van der Waals surface area contributed by atoms with Gasteiger partial charge in [-0.2, -0.15) is 0 Å². The van der Waals surface area contributed by atoms with E-state index in [1.807, 2.05) is 0 Å². The number of aromatic hydroxyl groups is 1. The van der Waals surface area contributed by atoms with Crippen molar-refractivity contribution in [2.45, 2.75) is 13.0 Å². The van der Waals surface area contributed by atoms with Gasteiger partial charge in [0.2, 0.25) is 0 Å². The molecule has 0 spiro atoms. The van der Waals surface area contributed by atoms with Crippen LogP contribution in [-0.4, -0.2) is 17.0 Å². The molecule has 2 aromatic rings. The van der Waals surface area contributed by atoms with Crippen LogP contribution in [0.4, 0.5) is 10.5 Å². The average molecular weight is 358 g/mol. The maximum atomic E-state index is 12.8. The summed E-state index contributed by atoms with van der Waals surface area (Å²) < 4.78 is 0. The molecule has 3 amide bonds. The van der Waals surface area contributed by atoms with Crippen molar-refractivity contribution >= 4 is 29.2 Å². The van der Waals surface area contributed by atoms with Crippen molar-refractivity contribution in [3.63, 3.8) is 0 Å². The molecule has 1 heterocycles. The largest absolute Gasteiger partial charge is 0.508 e. The average Bonchev–Trinajstić information content (AvgIpc) is 2.54. The first kappa shape index (κ1) is 16.9. The van der Waals surface area contributed by atoms with Gasteiger partial charge in [0.15, 0.2) is 0 Å². The Morgan fingerprint density at radius 3 is 2.60 bits per heavy atom. The Balaban J connectivity index is 1.94. The van der Waals surface area contributed by atoms with Gasteiger partial charge in [-0.15, -0.1) is 0 Å². The zero-order valence-corrected chi connectivity index (χ0v) is 14.1. The van der Waals surface area contributed by atoms with Crippen LogP contribution in [0.1, 0.15) is 18.5 Å². The Labute approximate surface area is 149 Å². The fraction of sp³-hybridized carbons (Fsp3) is 0.111. The fourth-order valence-electron chi connectivity index (χ4n) is 2.68. The van der Waals surface area contributed by atoms with E-state index in [1.165, 1.54) is 12.1 Å². The number of phenolic OH excluding ortho intramolecular Hbond substituents is 1. The van der Waals surface area contributed by atoms with Crippen LogP contribution in [0.15, 0.2) is 59.8 Å². The predicted molar refractivity (Wildman–Crippen MR) is 95.3 cm³/mol. The van der Waals surface area contributed by atoms with Crippen LogP contribution in [0.5, 0.6) is 5.75 Å². The quantitative estimate of drug-likeness (QED) is 0.679. The molecule has 0 saturated carbocycles. The summed E-state index contributed by atoms with van der Waals surface area (Å²) in [5.41, 5.74) is 2.08. The standard InChI is InChI=1S/C18H16ClN3O3/c1-10-15(17(24)21-13-4-2-3-12(19)9-13)16(22-18(25)20-10)11-5-7-14(23)8-6-11/h2-9,16,23H,1H3,(H,21,24)(H2,20,22,25). The number of benzene rings is 2. The van der Waals surface area contributed by atoms with Gasteiger partial charge in [0.1, 0.15) is 5.75 Å². The van der Waals surface area contributed by atoms with Crippen LogP contribution in [0.25, 0.3) is 0 Å². The maximum Gasteiger partial charge on any atom is 0.319 e. The van der Waals surface area contributed by atoms with Crippen LogP contribution < -0.4 is 16.0 Å². The monoisotopic (exact) mass is 357 g/mol. The molecule has 1 aliphatic heterocycles. The number of carbonyl (C=O) groups is 2. The number of hydrogen-bond donors (Lipinski definition) is 4. The topological polar surface area (TPSA) is 90.5 Å². The molecular weight excluding hydrogens is 342 g/mol.